The largest absolute Gasteiger partial charge is 0.0574 e. The molecule has 0 bridgehead atoms. The van der Waals surface area contributed by atoms with Crippen LogP contribution in [-0.2, 0) is 5.41 Å². The lowest BCUT2D eigenvalue weighted by atomic mass is 9.99. The molecule has 0 unspecified atom stereocenters. The van der Waals surface area contributed by atoms with Crippen molar-refractivity contribution in [2.24, 2.45) is 0 Å². The number of hydrogen-bond acceptors (Lipinski definition) is 0. The van der Waals surface area contributed by atoms with Crippen LogP contribution in [0.3, 0.4) is 0 Å². The quantitative estimate of drug-likeness (QED) is 0.666. The predicted octanol–water partition coefficient (Wildman–Crippen LogP) is 3.50. The molecule has 2 rings (SSSR count). The zero-order valence-electron chi connectivity index (χ0n) is 6.60. The Hall–Kier alpha value is -0.300. The third kappa shape index (κ3) is 1.34. The monoisotopic (exact) mass is 210 g/mol. The Morgan fingerprint density at radius 3 is 2.18 bits per heavy atom. The highest BCUT2D eigenvalue weighted by Crippen LogP contribution is 2.47. The van der Waals surface area contributed by atoms with Gasteiger partial charge in [0.05, 0.1) is 0 Å². The summed E-state index contributed by atoms with van der Waals surface area (Å²) in [6.45, 7) is 2.33. The van der Waals surface area contributed by atoms with E-state index in [0.717, 1.165) is 0 Å². The van der Waals surface area contributed by atoms with Gasteiger partial charge in [0.15, 0.2) is 0 Å². The van der Waals surface area contributed by atoms with Crippen molar-refractivity contribution in [2.75, 3.05) is 0 Å². The van der Waals surface area contributed by atoms with Crippen molar-refractivity contribution in [1.82, 2.24) is 0 Å². The highest BCUT2D eigenvalue weighted by molar-refractivity contribution is 9.10. The summed E-state index contributed by atoms with van der Waals surface area (Å²) in [4.78, 5) is 0. The maximum Gasteiger partial charge on any atom is 0.0175 e. The number of halogens is 1. The molecule has 1 fully saturated rings. The number of hydrogen-bond donors (Lipinski definition) is 0. The van der Waals surface area contributed by atoms with Crippen LogP contribution in [0.5, 0.6) is 0 Å². The molecule has 0 aliphatic heterocycles. The Kier molecular flexibility index (Phi) is 1.57. The fraction of sp³-hybridized carbons (Fsp3) is 0.400. The second-order valence-electron chi connectivity index (χ2n) is 3.57. The third-order valence-corrected chi connectivity index (χ3v) is 3.07. The van der Waals surface area contributed by atoms with Crippen LogP contribution >= 0.6 is 15.9 Å². The van der Waals surface area contributed by atoms with Gasteiger partial charge in [-0.3, -0.25) is 0 Å². The first kappa shape index (κ1) is 7.35. The third-order valence-electron chi connectivity index (χ3n) is 2.54. The minimum atomic E-state index is 0.515. The average molecular weight is 211 g/mol. The smallest absolute Gasteiger partial charge is 0.0175 e. The summed E-state index contributed by atoms with van der Waals surface area (Å²) in [6.07, 6.45) is 2.71. The lowest BCUT2D eigenvalue weighted by molar-refractivity contribution is 0.787. The molecule has 1 saturated carbocycles. The molecule has 1 heteroatoms. The van der Waals surface area contributed by atoms with E-state index in [4.69, 9.17) is 0 Å². The van der Waals surface area contributed by atoms with Crippen LogP contribution < -0.4 is 0 Å². The van der Waals surface area contributed by atoms with Crippen molar-refractivity contribution >= 4 is 15.9 Å². The summed E-state index contributed by atoms with van der Waals surface area (Å²) in [6, 6.07) is 8.69. The maximum atomic E-state index is 3.43. The highest BCUT2D eigenvalue weighted by Gasteiger charge is 2.38. The molecule has 0 heterocycles. The lowest BCUT2D eigenvalue weighted by Gasteiger charge is -2.07. The van der Waals surface area contributed by atoms with E-state index in [1.54, 1.807) is 0 Å². The zero-order chi connectivity index (χ0) is 7.90. The van der Waals surface area contributed by atoms with E-state index >= 15 is 0 Å². The number of rotatable bonds is 1. The Bertz CT molecular complexity index is 257. The van der Waals surface area contributed by atoms with E-state index in [0.29, 0.717) is 5.41 Å². The fourth-order valence-corrected chi connectivity index (χ4v) is 1.59. The Morgan fingerprint density at radius 1 is 1.18 bits per heavy atom. The molecule has 0 amide bonds. The first-order valence-corrected chi connectivity index (χ1v) is 4.76. The molecule has 11 heavy (non-hydrogen) atoms. The molecule has 0 radical (unpaired) electrons. The van der Waals surface area contributed by atoms with Gasteiger partial charge >= 0.3 is 0 Å². The molecule has 1 aromatic rings. The Morgan fingerprint density at radius 2 is 1.73 bits per heavy atom. The second kappa shape index (κ2) is 2.34. The van der Waals surface area contributed by atoms with Gasteiger partial charge in [0.25, 0.3) is 0 Å². The summed E-state index contributed by atoms with van der Waals surface area (Å²) in [7, 11) is 0. The molecule has 0 atom stereocenters. The van der Waals surface area contributed by atoms with E-state index in [1.807, 2.05) is 0 Å². The van der Waals surface area contributed by atoms with Crippen LogP contribution in [0.15, 0.2) is 28.7 Å². The Balaban J connectivity index is 2.33. The predicted molar refractivity (Wildman–Crippen MR) is 50.7 cm³/mol. The van der Waals surface area contributed by atoms with Gasteiger partial charge in [-0.2, -0.15) is 0 Å². The molecule has 0 aromatic heterocycles. The molecule has 0 spiro atoms. The summed E-state index contributed by atoms with van der Waals surface area (Å²) < 4.78 is 1.17. The molecule has 0 N–H and O–H groups in total. The summed E-state index contributed by atoms with van der Waals surface area (Å²) in [5.41, 5.74) is 2.00. The molecule has 1 aromatic carbocycles. The van der Waals surface area contributed by atoms with Crippen molar-refractivity contribution in [3.8, 4) is 0 Å². The molecule has 0 nitrogen and oxygen atoms in total. The van der Waals surface area contributed by atoms with Gasteiger partial charge in [0, 0.05) is 4.47 Å². The second-order valence-corrected chi connectivity index (χ2v) is 4.48. The van der Waals surface area contributed by atoms with Crippen molar-refractivity contribution in [3.63, 3.8) is 0 Å². The molecule has 1 aliphatic carbocycles. The maximum absolute atomic E-state index is 3.43. The van der Waals surface area contributed by atoms with Gasteiger partial charge in [-0.15, -0.1) is 0 Å². The van der Waals surface area contributed by atoms with Gasteiger partial charge in [-0.25, -0.2) is 0 Å². The van der Waals surface area contributed by atoms with Gasteiger partial charge in [-0.1, -0.05) is 35.0 Å². The first-order valence-electron chi connectivity index (χ1n) is 3.97. The van der Waals surface area contributed by atoms with E-state index in [9.17, 15) is 0 Å². The van der Waals surface area contributed by atoms with Crippen LogP contribution in [0, 0.1) is 0 Å². The fourth-order valence-electron chi connectivity index (χ4n) is 1.33. The van der Waals surface area contributed by atoms with Crippen LogP contribution in [-0.4, -0.2) is 0 Å². The molecular formula is C10H11Br. The first-order chi connectivity index (χ1) is 5.21. The zero-order valence-corrected chi connectivity index (χ0v) is 8.19. The minimum absolute atomic E-state index is 0.515. The summed E-state index contributed by atoms with van der Waals surface area (Å²) in [5.74, 6) is 0. The van der Waals surface area contributed by atoms with Crippen molar-refractivity contribution in [1.29, 1.82) is 0 Å². The van der Waals surface area contributed by atoms with E-state index < -0.39 is 0 Å². The van der Waals surface area contributed by atoms with Crippen LogP contribution in [0.2, 0.25) is 0 Å². The molecule has 58 valence electrons. The van der Waals surface area contributed by atoms with Crippen molar-refractivity contribution in [2.45, 2.75) is 25.2 Å². The van der Waals surface area contributed by atoms with Crippen LogP contribution in [0.25, 0.3) is 0 Å². The van der Waals surface area contributed by atoms with E-state index in [1.165, 1.54) is 22.9 Å². The summed E-state index contributed by atoms with van der Waals surface area (Å²) >= 11 is 3.43. The van der Waals surface area contributed by atoms with Gasteiger partial charge in [0.2, 0.25) is 0 Å². The standard InChI is InChI=1S/C10H11Br/c1-10(6-7-10)8-2-4-9(11)5-3-8/h2-5H,6-7H2,1H3. The highest BCUT2D eigenvalue weighted by atomic mass is 79.9. The minimum Gasteiger partial charge on any atom is -0.0574 e. The van der Waals surface area contributed by atoms with Gasteiger partial charge < -0.3 is 0 Å². The average Bonchev–Trinajstić information content (AvgIpc) is 2.70. The van der Waals surface area contributed by atoms with E-state index in [2.05, 4.69) is 47.1 Å². The van der Waals surface area contributed by atoms with Crippen LogP contribution in [0.4, 0.5) is 0 Å². The molecule has 1 aliphatic rings. The normalized spacial score (nSPS) is 19.8. The SMILES string of the molecule is CC1(c2ccc(Br)cc2)CC1. The molecular weight excluding hydrogens is 200 g/mol. The number of benzene rings is 1. The summed E-state index contributed by atoms with van der Waals surface area (Å²) in [5, 5.41) is 0. The lowest BCUT2D eigenvalue weighted by Crippen LogP contribution is -1.97. The van der Waals surface area contributed by atoms with E-state index in [-0.39, 0.29) is 0 Å². The topological polar surface area (TPSA) is 0 Å². The Labute approximate surface area is 75.8 Å². The van der Waals surface area contributed by atoms with Crippen LogP contribution in [0.1, 0.15) is 25.3 Å². The molecule has 0 saturated heterocycles. The van der Waals surface area contributed by atoms with Crippen molar-refractivity contribution < 1.29 is 0 Å². The van der Waals surface area contributed by atoms with Gasteiger partial charge in [0.1, 0.15) is 0 Å². The van der Waals surface area contributed by atoms with Crippen molar-refractivity contribution in [3.05, 3.63) is 34.3 Å². The van der Waals surface area contributed by atoms with Gasteiger partial charge in [-0.05, 0) is 36.0 Å².